The molecule has 1 rings (SSSR count). The van der Waals surface area contributed by atoms with E-state index in [1.807, 2.05) is 25.2 Å². The average molecular weight is 278 g/mol. The van der Waals surface area contributed by atoms with Crippen LogP contribution in [0.4, 0.5) is 0 Å². The molecule has 78 valence electrons. The van der Waals surface area contributed by atoms with Gasteiger partial charge < -0.3 is 10.6 Å². The zero-order valence-corrected chi connectivity index (χ0v) is 10.5. The van der Waals surface area contributed by atoms with Crippen LogP contribution in [0.1, 0.15) is 5.56 Å². The predicted molar refractivity (Wildman–Crippen MR) is 64.8 cm³/mol. The van der Waals surface area contributed by atoms with Crippen molar-refractivity contribution < 1.29 is 0 Å². The number of hydrogen-bond acceptors (Lipinski definition) is 2. The molecule has 2 nitrogen and oxygen atoms in total. The van der Waals surface area contributed by atoms with E-state index in [-0.39, 0.29) is 0 Å². The van der Waals surface area contributed by atoms with Crippen LogP contribution in [0.5, 0.6) is 0 Å². The highest BCUT2D eigenvalue weighted by atomic mass is 79.9. The third-order valence-electron chi connectivity index (χ3n) is 1.90. The van der Waals surface area contributed by atoms with E-state index in [0.717, 1.165) is 34.7 Å². The molecule has 1 aromatic carbocycles. The van der Waals surface area contributed by atoms with E-state index in [4.69, 9.17) is 11.6 Å². The van der Waals surface area contributed by atoms with E-state index in [1.165, 1.54) is 0 Å². The molecule has 1 aromatic rings. The summed E-state index contributed by atoms with van der Waals surface area (Å²) in [6.45, 7) is 2.71. The van der Waals surface area contributed by atoms with E-state index in [2.05, 4.69) is 26.6 Å². The largest absolute Gasteiger partial charge is 0.318 e. The van der Waals surface area contributed by atoms with Crippen LogP contribution in [0, 0.1) is 0 Å². The molecule has 4 heteroatoms. The normalized spacial score (nSPS) is 10.5. The molecule has 0 aliphatic carbocycles. The van der Waals surface area contributed by atoms with Crippen LogP contribution in [0.15, 0.2) is 22.7 Å². The molecular formula is C10H14BrClN2. The summed E-state index contributed by atoms with van der Waals surface area (Å²) >= 11 is 9.50. The van der Waals surface area contributed by atoms with Gasteiger partial charge in [-0.1, -0.05) is 23.7 Å². The Hall–Kier alpha value is -0.0900. The fourth-order valence-electron chi connectivity index (χ4n) is 1.12. The molecule has 0 aliphatic heterocycles. The Kier molecular flexibility index (Phi) is 5.48. The van der Waals surface area contributed by atoms with Crippen molar-refractivity contribution in [3.8, 4) is 0 Å². The van der Waals surface area contributed by atoms with Gasteiger partial charge in [0.1, 0.15) is 0 Å². The van der Waals surface area contributed by atoms with Crippen molar-refractivity contribution in [3.05, 3.63) is 33.3 Å². The van der Waals surface area contributed by atoms with Gasteiger partial charge in [-0.3, -0.25) is 0 Å². The van der Waals surface area contributed by atoms with Gasteiger partial charge in [-0.15, -0.1) is 0 Å². The molecule has 0 saturated heterocycles. The van der Waals surface area contributed by atoms with Crippen molar-refractivity contribution in [1.29, 1.82) is 0 Å². The zero-order chi connectivity index (χ0) is 10.4. The van der Waals surface area contributed by atoms with Gasteiger partial charge in [0.25, 0.3) is 0 Å². The molecule has 2 N–H and O–H groups in total. The minimum atomic E-state index is 0.796. The molecule has 0 unspecified atom stereocenters. The van der Waals surface area contributed by atoms with E-state index in [1.54, 1.807) is 0 Å². The topological polar surface area (TPSA) is 24.1 Å². The summed E-state index contributed by atoms with van der Waals surface area (Å²) in [6.07, 6.45) is 0. The lowest BCUT2D eigenvalue weighted by Crippen LogP contribution is -2.24. The molecule has 0 fully saturated rings. The summed E-state index contributed by atoms with van der Waals surface area (Å²) < 4.78 is 0.951. The SMILES string of the molecule is CNCCNCc1cccc(Br)c1Cl. The zero-order valence-electron chi connectivity index (χ0n) is 8.11. The smallest absolute Gasteiger partial charge is 0.0592 e. The third kappa shape index (κ3) is 3.58. The molecular weight excluding hydrogens is 263 g/mol. The Morgan fingerprint density at radius 1 is 1.36 bits per heavy atom. The molecule has 0 saturated carbocycles. The van der Waals surface area contributed by atoms with E-state index < -0.39 is 0 Å². The number of halogens is 2. The first-order chi connectivity index (χ1) is 6.75. The number of nitrogens with one attached hydrogen (secondary N) is 2. The van der Waals surface area contributed by atoms with E-state index >= 15 is 0 Å². The Labute approximate surface area is 98.2 Å². The summed E-state index contributed by atoms with van der Waals surface area (Å²) in [5, 5.41) is 7.17. The summed E-state index contributed by atoms with van der Waals surface area (Å²) in [4.78, 5) is 0. The van der Waals surface area contributed by atoms with Crippen LogP contribution < -0.4 is 10.6 Å². The highest BCUT2D eigenvalue weighted by molar-refractivity contribution is 9.10. The lowest BCUT2D eigenvalue weighted by molar-refractivity contribution is 0.650. The molecule has 0 aliphatic rings. The van der Waals surface area contributed by atoms with Crippen LogP contribution in [0.3, 0.4) is 0 Å². The molecule has 0 atom stereocenters. The van der Waals surface area contributed by atoms with Gasteiger partial charge >= 0.3 is 0 Å². The molecule has 14 heavy (non-hydrogen) atoms. The first-order valence-corrected chi connectivity index (χ1v) is 5.71. The number of likely N-dealkylation sites (N-methyl/N-ethyl adjacent to an activating group) is 1. The minimum Gasteiger partial charge on any atom is -0.318 e. The Balaban J connectivity index is 2.46. The maximum atomic E-state index is 6.10. The van der Waals surface area contributed by atoms with Crippen molar-refractivity contribution >= 4 is 27.5 Å². The van der Waals surface area contributed by atoms with Gasteiger partial charge in [0.05, 0.1) is 5.02 Å². The molecule has 0 bridgehead atoms. The van der Waals surface area contributed by atoms with Gasteiger partial charge in [0.2, 0.25) is 0 Å². The third-order valence-corrected chi connectivity index (χ3v) is 3.23. The standard InChI is InChI=1S/C10H14BrClN2/c1-13-5-6-14-7-8-3-2-4-9(11)10(8)12/h2-4,13-14H,5-7H2,1H3. The predicted octanol–water partition coefficient (Wildman–Crippen LogP) is 2.41. The van der Waals surface area contributed by atoms with Crippen LogP contribution >= 0.6 is 27.5 Å². The first kappa shape index (κ1) is 12.0. The first-order valence-electron chi connectivity index (χ1n) is 4.54. The second-order valence-corrected chi connectivity index (χ2v) is 4.23. The van der Waals surface area contributed by atoms with Gasteiger partial charge in [0.15, 0.2) is 0 Å². The fraction of sp³-hybridized carbons (Fsp3) is 0.400. The quantitative estimate of drug-likeness (QED) is 0.808. The second kappa shape index (κ2) is 6.40. The summed E-state index contributed by atoms with van der Waals surface area (Å²) in [5.41, 5.74) is 1.12. The lowest BCUT2D eigenvalue weighted by Gasteiger charge is -2.07. The highest BCUT2D eigenvalue weighted by Crippen LogP contribution is 2.25. The summed E-state index contributed by atoms with van der Waals surface area (Å²) in [5.74, 6) is 0. The highest BCUT2D eigenvalue weighted by Gasteiger charge is 2.02. The van der Waals surface area contributed by atoms with Crippen LogP contribution in [0.25, 0.3) is 0 Å². The molecule has 0 spiro atoms. The van der Waals surface area contributed by atoms with Crippen molar-refractivity contribution in [2.45, 2.75) is 6.54 Å². The fourth-order valence-corrected chi connectivity index (χ4v) is 1.72. The molecule has 0 radical (unpaired) electrons. The van der Waals surface area contributed by atoms with Gasteiger partial charge in [-0.2, -0.15) is 0 Å². The van der Waals surface area contributed by atoms with Crippen LogP contribution in [0.2, 0.25) is 5.02 Å². The summed E-state index contributed by atoms with van der Waals surface area (Å²) in [7, 11) is 1.94. The number of benzene rings is 1. The van der Waals surface area contributed by atoms with E-state index in [9.17, 15) is 0 Å². The lowest BCUT2D eigenvalue weighted by atomic mass is 10.2. The van der Waals surface area contributed by atoms with Gasteiger partial charge in [0, 0.05) is 24.1 Å². The van der Waals surface area contributed by atoms with E-state index in [0.29, 0.717) is 0 Å². The second-order valence-electron chi connectivity index (χ2n) is 2.99. The summed E-state index contributed by atoms with van der Waals surface area (Å²) in [6, 6.07) is 5.96. The molecule has 0 amide bonds. The average Bonchev–Trinajstić information content (AvgIpc) is 2.19. The number of hydrogen-bond donors (Lipinski definition) is 2. The van der Waals surface area contributed by atoms with Crippen molar-refractivity contribution in [2.24, 2.45) is 0 Å². The monoisotopic (exact) mass is 276 g/mol. The Morgan fingerprint density at radius 2 is 2.14 bits per heavy atom. The van der Waals surface area contributed by atoms with Crippen LogP contribution in [-0.2, 0) is 6.54 Å². The molecule has 0 heterocycles. The molecule has 0 aromatic heterocycles. The van der Waals surface area contributed by atoms with Gasteiger partial charge in [-0.25, -0.2) is 0 Å². The minimum absolute atomic E-state index is 0.796. The Morgan fingerprint density at radius 3 is 2.86 bits per heavy atom. The van der Waals surface area contributed by atoms with Gasteiger partial charge in [-0.05, 0) is 34.6 Å². The van der Waals surface area contributed by atoms with Crippen molar-refractivity contribution in [3.63, 3.8) is 0 Å². The van der Waals surface area contributed by atoms with Crippen LogP contribution in [-0.4, -0.2) is 20.1 Å². The van der Waals surface area contributed by atoms with Crippen molar-refractivity contribution in [1.82, 2.24) is 10.6 Å². The maximum absolute atomic E-state index is 6.10. The maximum Gasteiger partial charge on any atom is 0.0592 e. The number of rotatable bonds is 5. The van der Waals surface area contributed by atoms with Crippen molar-refractivity contribution in [2.75, 3.05) is 20.1 Å². The Bertz CT molecular complexity index is 291.